The van der Waals surface area contributed by atoms with Gasteiger partial charge in [-0.3, -0.25) is 9.59 Å². The average molecular weight is 355 g/mol. The highest BCUT2D eigenvalue weighted by atomic mass is 35.5. The van der Waals surface area contributed by atoms with Gasteiger partial charge in [-0.25, -0.2) is 0 Å². The van der Waals surface area contributed by atoms with E-state index >= 15 is 0 Å². The first-order valence-electron chi connectivity index (χ1n) is 7.71. The smallest absolute Gasteiger partial charge is 0.257 e. The Morgan fingerprint density at radius 2 is 1.88 bits per heavy atom. The molecule has 0 radical (unpaired) electrons. The Kier molecular flexibility index (Phi) is 9.56. The van der Waals surface area contributed by atoms with E-state index in [2.05, 4.69) is 17.2 Å². The molecule has 2 N–H and O–H groups in total. The molecule has 0 aliphatic heterocycles. The Labute approximate surface area is 147 Å². The van der Waals surface area contributed by atoms with Crippen LogP contribution in [0.1, 0.15) is 19.8 Å². The van der Waals surface area contributed by atoms with E-state index in [4.69, 9.17) is 21.1 Å². The molecule has 0 atom stereocenters. The molecule has 1 rings (SSSR count). The van der Waals surface area contributed by atoms with Crippen molar-refractivity contribution in [3.05, 3.63) is 41.6 Å². The third-order valence-corrected chi connectivity index (χ3v) is 3.08. The molecule has 24 heavy (non-hydrogen) atoms. The topological polar surface area (TPSA) is 76.7 Å². The number of rotatable bonds is 11. The van der Waals surface area contributed by atoms with Crippen molar-refractivity contribution in [2.75, 3.05) is 26.4 Å². The summed E-state index contributed by atoms with van der Waals surface area (Å²) in [6.07, 6.45) is 1.30. The molecule has 0 saturated carbocycles. The lowest BCUT2D eigenvalue weighted by Crippen LogP contribution is -2.32. The number of carbonyl (C=O) groups excluding carboxylic acids is 2. The van der Waals surface area contributed by atoms with E-state index in [1.165, 1.54) is 0 Å². The van der Waals surface area contributed by atoms with Crippen LogP contribution in [-0.2, 0) is 14.3 Å². The minimum atomic E-state index is -0.254. The van der Waals surface area contributed by atoms with Gasteiger partial charge in [0.2, 0.25) is 5.91 Å². The number of amides is 2. The van der Waals surface area contributed by atoms with Gasteiger partial charge < -0.3 is 20.1 Å². The third kappa shape index (κ3) is 9.17. The summed E-state index contributed by atoms with van der Waals surface area (Å²) in [6, 6.07) is 6.75. The van der Waals surface area contributed by atoms with Gasteiger partial charge in [-0.05, 0) is 30.7 Å². The van der Waals surface area contributed by atoms with E-state index in [9.17, 15) is 9.59 Å². The highest BCUT2D eigenvalue weighted by Crippen LogP contribution is 2.15. The van der Waals surface area contributed by atoms with Gasteiger partial charge in [-0.1, -0.05) is 25.1 Å². The minimum Gasteiger partial charge on any atom is -0.484 e. The van der Waals surface area contributed by atoms with E-state index < -0.39 is 0 Å². The van der Waals surface area contributed by atoms with E-state index in [-0.39, 0.29) is 25.0 Å². The zero-order chi connectivity index (χ0) is 17.8. The van der Waals surface area contributed by atoms with Gasteiger partial charge in [-0.15, -0.1) is 0 Å². The molecule has 0 aliphatic rings. The second kappa shape index (κ2) is 11.5. The fraction of sp³-hybridized carbons (Fsp3) is 0.412. The maximum atomic E-state index is 11.7. The van der Waals surface area contributed by atoms with Crippen molar-refractivity contribution in [1.29, 1.82) is 0 Å². The Bertz CT molecular complexity index is 546. The van der Waals surface area contributed by atoms with Crippen molar-refractivity contribution in [3.63, 3.8) is 0 Å². The van der Waals surface area contributed by atoms with Gasteiger partial charge in [0.25, 0.3) is 5.91 Å². The van der Waals surface area contributed by atoms with Crippen LogP contribution in [0, 0.1) is 0 Å². The van der Waals surface area contributed by atoms with Crippen LogP contribution in [-0.4, -0.2) is 38.2 Å². The normalized spacial score (nSPS) is 10.1. The average Bonchev–Trinajstić information content (AvgIpc) is 2.54. The maximum absolute atomic E-state index is 11.7. The molecule has 0 aromatic heterocycles. The third-order valence-electron chi connectivity index (χ3n) is 2.83. The van der Waals surface area contributed by atoms with Gasteiger partial charge in [0.1, 0.15) is 12.4 Å². The monoisotopic (exact) mass is 354 g/mol. The number of ether oxygens (including phenoxy) is 2. The highest BCUT2D eigenvalue weighted by Gasteiger charge is 2.05. The zero-order valence-electron chi connectivity index (χ0n) is 13.8. The number of benzene rings is 1. The molecule has 1 aromatic rings. The summed E-state index contributed by atoms with van der Waals surface area (Å²) in [4.78, 5) is 23.2. The molecule has 2 amide bonds. The van der Waals surface area contributed by atoms with Gasteiger partial charge in [-0.2, -0.15) is 0 Å². The molecule has 0 fully saturated rings. The van der Waals surface area contributed by atoms with Crippen LogP contribution >= 0.6 is 11.6 Å². The lowest BCUT2D eigenvalue weighted by Gasteiger charge is -2.10. The van der Waals surface area contributed by atoms with Gasteiger partial charge in [0.15, 0.2) is 6.61 Å². The largest absolute Gasteiger partial charge is 0.484 e. The fourth-order valence-electron chi connectivity index (χ4n) is 1.69. The van der Waals surface area contributed by atoms with Gasteiger partial charge in [0.05, 0.1) is 0 Å². The van der Waals surface area contributed by atoms with Crippen LogP contribution in [0.4, 0.5) is 0 Å². The molecule has 0 unspecified atom stereocenters. The van der Waals surface area contributed by atoms with Crippen LogP contribution in [0.25, 0.3) is 0 Å². The summed E-state index contributed by atoms with van der Waals surface area (Å²) >= 11 is 5.76. The van der Waals surface area contributed by atoms with Crippen molar-refractivity contribution < 1.29 is 19.1 Å². The summed E-state index contributed by atoms with van der Waals surface area (Å²) in [5.74, 6) is 0.0690. The summed E-state index contributed by atoms with van der Waals surface area (Å²) in [5.41, 5.74) is 0.527. The summed E-state index contributed by atoms with van der Waals surface area (Å²) in [6.45, 7) is 6.53. The van der Waals surface area contributed by atoms with Crippen LogP contribution in [0.2, 0.25) is 5.02 Å². The maximum Gasteiger partial charge on any atom is 0.257 e. The number of halogens is 1. The minimum absolute atomic E-state index is 0.00809. The number of carbonyl (C=O) groups is 2. The number of hydrogen-bond acceptors (Lipinski definition) is 4. The van der Waals surface area contributed by atoms with Crippen molar-refractivity contribution in [2.45, 2.75) is 19.8 Å². The second-order valence-corrected chi connectivity index (χ2v) is 5.48. The Morgan fingerprint density at radius 3 is 2.54 bits per heavy atom. The van der Waals surface area contributed by atoms with Crippen molar-refractivity contribution in [3.8, 4) is 5.75 Å². The van der Waals surface area contributed by atoms with Crippen molar-refractivity contribution in [1.82, 2.24) is 10.6 Å². The molecule has 0 spiro atoms. The molecule has 0 bridgehead atoms. The SMILES string of the molecule is C=C(CCNC(=O)COc1ccc(Cl)cc1)NC(=O)COCCC. The number of nitrogens with one attached hydrogen (secondary N) is 2. The zero-order valence-corrected chi connectivity index (χ0v) is 14.5. The van der Waals surface area contributed by atoms with E-state index in [0.29, 0.717) is 36.0 Å². The fourth-order valence-corrected chi connectivity index (χ4v) is 1.81. The van der Waals surface area contributed by atoms with Crippen LogP contribution in [0.15, 0.2) is 36.5 Å². The first-order chi connectivity index (χ1) is 11.5. The van der Waals surface area contributed by atoms with Crippen LogP contribution in [0.5, 0.6) is 5.75 Å². The van der Waals surface area contributed by atoms with E-state index in [1.807, 2.05) is 6.92 Å². The summed E-state index contributed by atoms with van der Waals surface area (Å²) in [7, 11) is 0. The quantitative estimate of drug-likeness (QED) is 0.598. The second-order valence-electron chi connectivity index (χ2n) is 5.05. The lowest BCUT2D eigenvalue weighted by atomic mass is 10.3. The van der Waals surface area contributed by atoms with Crippen LogP contribution in [0.3, 0.4) is 0 Å². The molecule has 132 valence electrons. The van der Waals surface area contributed by atoms with E-state index in [1.54, 1.807) is 24.3 Å². The van der Waals surface area contributed by atoms with Crippen LogP contribution < -0.4 is 15.4 Å². The first-order valence-corrected chi connectivity index (χ1v) is 8.09. The Hall–Kier alpha value is -2.05. The number of hydrogen-bond donors (Lipinski definition) is 2. The van der Waals surface area contributed by atoms with Crippen molar-refractivity contribution in [2.24, 2.45) is 0 Å². The van der Waals surface area contributed by atoms with Gasteiger partial charge in [0, 0.05) is 30.3 Å². The molecular weight excluding hydrogens is 332 g/mol. The summed E-state index contributed by atoms with van der Waals surface area (Å²) in [5, 5.41) is 5.91. The van der Waals surface area contributed by atoms with Gasteiger partial charge >= 0.3 is 0 Å². The predicted molar refractivity (Wildman–Crippen MR) is 93.0 cm³/mol. The molecular formula is C17H23ClN2O4. The molecule has 0 saturated heterocycles. The standard InChI is InChI=1S/C17H23ClN2O4/c1-3-10-23-11-17(22)20-13(2)8-9-19-16(21)12-24-15-6-4-14(18)5-7-15/h4-7H,2-3,8-12H2,1H3,(H,19,21)(H,20,22). The highest BCUT2D eigenvalue weighted by molar-refractivity contribution is 6.30. The Balaban J connectivity index is 2.12. The first kappa shape index (κ1) is 20.0. The lowest BCUT2D eigenvalue weighted by molar-refractivity contribution is -0.125. The molecule has 0 aliphatic carbocycles. The molecule has 7 heteroatoms. The molecule has 1 aromatic carbocycles. The Morgan fingerprint density at radius 1 is 1.17 bits per heavy atom. The molecule has 0 heterocycles. The van der Waals surface area contributed by atoms with E-state index in [0.717, 1.165) is 6.42 Å². The summed E-state index contributed by atoms with van der Waals surface area (Å²) < 4.78 is 10.4. The van der Waals surface area contributed by atoms with Crippen molar-refractivity contribution >= 4 is 23.4 Å². The molecule has 6 nitrogen and oxygen atoms in total. The predicted octanol–water partition coefficient (Wildman–Crippen LogP) is 2.28.